The Morgan fingerprint density at radius 3 is 2.36 bits per heavy atom. The van der Waals surface area contributed by atoms with E-state index >= 15 is 0 Å². The second-order valence-electron chi connectivity index (χ2n) is 6.44. The van der Waals surface area contributed by atoms with E-state index in [2.05, 4.69) is 34.6 Å². The van der Waals surface area contributed by atoms with Crippen LogP contribution >= 0.6 is 24.0 Å². The quantitative estimate of drug-likeness (QED) is 0.272. The molecule has 146 valence electrons. The molecule has 0 bridgehead atoms. The van der Waals surface area contributed by atoms with E-state index in [0.717, 1.165) is 16.8 Å². The first-order valence-corrected chi connectivity index (χ1v) is 9.03. The van der Waals surface area contributed by atoms with E-state index in [0.29, 0.717) is 25.7 Å². The highest BCUT2D eigenvalue weighted by Gasteiger charge is 2.03. The second-order valence-corrected chi connectivity index (χ2v) is 6.44. The Morgan fingerprint density at radius 1 is 0.893 bits per heavy atom. The molecule has 3 aromatic rings. The molecule has 0 aliphatic rings. The number of aliphatic imine (C=N–C) groups is 1. The molecule has 5 heteroatoms. The molecule has 0 spiro atoms. The van der Waals surface area contributed by atoms with Crippen LogP contribution in [0.1, 0.15) is 22.3 Å². The van der Waals surface area contributed by atoms with Crippen LogP contribution in [-0.2, 0) is 24.5 Å². The predicted molar refractivity (Wildman–Crippen MR) is 127 cm³/mol. The van der Waals surface area contributed by atoms with Crippen molar-refractivity contribution in [2.75, 3.05) is 5.32 Å². The molecule has 0 heterocycles. The van der Waals surface area contributed by atoms with Crippen molar-refractivity contribution in [3.05, 3.63) is 101 Å². The first kappa shape index (κ1) is 21.9. The molecule has 0 fully saturated rings. The van der Waals surface area contributed by atoms with Gasteiger partial charge in [-0.15, -0.1) is 24.0 Å². The van der Waals surface area contributed by atoms with Crippen LogP contribution in [-0.4, -0.2) is 5.96 Å². The highest BCUT2D eigenvalue weighted by molar-refractivity contribution is 14.0. The topological polar surface area (TPSA) is 59.6 Å². The van der Waals surface area contributed by atoms with Crippen molar-refractivity contribution >= 4 is 35.6 Å². The van der Waals surface area contributed by atoms with Gasteiger partial charge in [0.15, 0.2) is 5.96 Å². The summed E-state index contributed by atoms with van der Waals surface area (Å²) in [5.41, 5.74) is 11.6. The fourth-order valence-corrected chi connectivity index (χ4v) is 2.79. The summed E-state index contributed by atoms with van der Waals surface area (Å²) < 4.78 is 5.87. The van der Waals surface area contributed by atoms with Crippen molar-refractivity contribution in [2.45, 2.75) is 26.7 Å². The summed E-state index contributed by atoms with van der Waals surface area (Å²) in [5, 5.41) is 3.13. The van der Waals surface area contributed by atoms with Crippen LogP contribution in [0, 0.1) is 6.92 Å². The average Bonchev–Trinajstić information content (AvgIpc) is 2.68. The molecule has 0 aliphatic heterocycles. The van der Waals surface area contributed by atoms with Gasteiger partial charge in [-0.2, -0.15) is 0 Å². The SMILES string of the molecule is Cc1cccc(NC(N)=NCc2ccccc2COCc2ccccc2)c1.I. The minimum atomic E-state index is 0. The van der Waals surface area contributed by atoms with E-state index in [9.17, 15) is 0 Å². The molecule has 3 N–H and O–H groups in total. The zero-order valence-corrected chi connectivity index (χ0v) is 18.3. The average molecular weight is 487 g/mol. The number of nitrogens with zero attached hydrogens (tertiary/aromatic N) is 1. The number of halogens is 1. The number of rotatable bonds is 7. The molecule has 0 atom stereocenters. The van der Waals surface area contributed by atoms with Crippen molar-refractivity contribution in [3.63, 3.8) is 0 Å². The van der Waals surface area contributed by atoms with Gasteiger partial charge in [0.2, 0.25) is 0 Å². The summed E-state index contributed by atoms with van der Waals surface area (Å²) in [4.78, 5) is 4.47. The highest BCUT2D eigenvalue weighted by Crippen LogP contribution is 2.14. The smallest absolute Gasteiger partial charge is 0.193 e. The summed E-state index contributed by atoms with van der Waals surface area (Å²) in [5.74, 6) is 0.403. The third-order valence-corrected chi connectivity index (χ3v) is 4.20. The summed E-state index contributed by atoms with van der Waals surface area (Å²) in [7, 11) is 0. The van der Waals surface area contributed by atoms with E-state index in [1.165, 1.54) is 11.1 Å². The second kappa shape index (κ2) is 11.5. The lowest BCUT2D eigenvalue weighted by Gasteiger charge is -2.10. The molecule has 28 heavy (non-hydrogen) atoms. The van der Waals surface area contributed by atoms with Crippen molar-refractivity contribution in [1.29, 1.82) is 0 Å². The van der Waals surface area contributed by atoms with Crippen molar-refractivity contribution < 1.29 is 4.74 Å². The molecule has 0 radical (unpaired) electrons. The number of ether oxygens (including phenoxy) is 1. The first-order chi connectivity index (χ1) is 13.2. The van der Waals surface area contributed by atoms with Crippen LogP contribution in [0.3, 0.4) is 0 Å². The molecule has 3 aromatic carbocycles. The maximum absolute atomic E-state index is 6.04. The van der Waals surface area contributed by atoms with E-state index in [1.54, 1.807) is 0 Å². The Bertz CT molecular complexity index is 897. The van der Waals surface area contributed by atoms with Crippen LogP contribution < -0.4 is 11.1 Å². The lowest BCUT2D eigenvalue weighted by molar-refractivity contribution is 0.106. The van der Waals surface area contributed by atoms with Gasteiger partial charge in [0, 0.05) is 5.69 Å². The first-order valence-electron chi connectivity index (χ1n) is 9.03. The van der Waals surface area contributed by atoms with Gasteiger partial charge >= 0.3 is 0 Å². The number of guanidine groups is 1. The maximum Gasteiger partial charge on any atom is 0.193 e. The highest BCUT2D eigenvalue weighted by atomic mass is 127. The third kappa shape index (κ3) is 6.98. The zero-order valence-electron chi connectivity index (χ0n) is 16.0. The van der Waals surface area contributed by atoms with Gasteiger partial charge in [-0.05, 0) is 41.3 Å². The normalized spacial score (nSPS) is 11.0. The zero-order chi connectivity index (χ0) is 18.9. The molecule has 0 amide bonds. The van der Waals surface area contributed by atoms with Gasteiger partial charge in [0.05, 0.1) is 19.8 Å². The molecule has 0 saturated heterocycles. The van der Waals surface area contributed by atoms with Gasteiger partial charge in [-0.25, -0.2) is 4.99 Å². The van der Waals surface area contributed by atoms with Crippen LogP contribution in [0.15, 0.2) is 83.9 Å². The van der Waals surface area contributed by atoms with Gasteiger partial charge in [-0.3, -0.25) is 0 Å². The predicted octanol–water partition coefficient (Wildman–Crippen LogP) is 5.26. The van der Waals surface area contributed by atoms with Gasteiger partial charge < -0.3 is 15.8 Å². The lowest BCUT2D eigenvalue weighted by atomic mass is 10.1. The summed E-state index contributed by atoms with van der Waals surface area (Å²) in [6.07, 6.45) is 0. The Hall–Kier alpha value is -2.38. The Labute approximate surface area is 183 Å². The fourth-order valence-electron chi connectivity index (χ4n) is 2.79. The molecule has 0 unspecified atom stereocenters. The lowest BCUT2D eigenvalue weighted by Crippen LogP contribution is -2.22. The number of hydrogen-bond acceptors (Lipinski definition) is 2. The van der Waals surface area contributed by atoms with E-state index in [4.69, 9.17) is 10.5 Å². The van der Waals surface area contributed by atoms with E-state index in [-0.39, 0.29) is 24.0 Å². The fraction of sp³-hybridized carbons (Fsp3) is 0.174. The largest absolute Gasteiger partial charge is 0.372 e. The Morgan fingerprint density at radius 2 is 1.61 bits per heavy atom. The van der Waals surface area contributed by atoms with Crippen molar-refractivity contribution in [3.8, 4) is 0 Å². The van der Waals surface area contributed by atoms with Crippen LogP contribution in [0.4, 0.5) is 5.69 Å². The van der Waals surface area contributed by atoms with E-state index in [1.807, 2.05) is 61.5 Å². The van der Waals surface area contributed by atoms with Crippen molar-refractivity contribution in [1.82, 2.24) is 0 Å². The Kier molecular flexibility index (Phi) is 8.97. The van der Waals surface area contributed by atoms with Crippen molar-refractivity contribution in [2.24, 2.45) is 10.7 Å². The molecule has 0 aliphatic carbocycles. The molecular formula is C23H26IN3O. The minimum absolute atomic E-state index is 0. The number of anilines is 1. The molecule has 0 saturated carbocycles. The summed E-state index contributed by atoms with van der Waals surface area (Å²) in [6, 6.07) is 26.4. The van der Waals surface area contributed by atoms with Gasteiger partial charge in [0.1, 0.15) is 0 Å². The summed E-state index contributed by atoms with van der Waals surface area (Å²) >= 11 is 0. The summed E-state index contributed by atoms with van der Waals surface area (Å²) in [6.45, 7) is 3.70. The standard InChI is InChI=1S/C23H25N3O.HI/c1-18-8-7-13-22(14-18)26-23(24)25-15-20-11-5-6-12-21(20)17-27-16-19-9-3-2-4-10-19;/h2-14H,15-17H2,1H3,(H3,24,25,26);1H. The van der Waals surface area contributed by atoms with Gasteiger partial charge in [-0.1, -0.05) is 66.7 Å². The molecule has 0 aromatic heterocycles. The number of nitrogens with one attached hydrogen (secondary N) is 1. The minimum Gasteiger partial charge on any atom is -0.372 e. The molecular weight excluding hydrogens is 461 g/mol. The number of benzene rings is 3. The third-order valence-electron chi connectivity index (χ3n) is 4.20. The Balaban J connectivity index is 0.00000280. The number of hydrogen-bond donors (Lipinski definition) is 2. The molecule has 4 nitrogen and oxygen atoms in total. The number of nitrogens with two attached hydrogens (primary N) is 1. The monoisotopic (exact) mass is 487 g/mol. The van der Waals surface area contributed by atoms with Crippen LogP contribution in [0.25, 0.3) is 0 Å². The molecule has 3 rings (SSSR count). The number of aryl methyl sites for hydroxylation is 1. The van der Waals surface area contributed by atoms with Crippen LogP contribution in [0.5, 0.6) is 0 Å². The van der Waals surface area contributed by atoms with Crippen LogP contribution in [0.2, 0.25) is 0 Å². The van der Waals surface area contributed by atoms with E-state index < -0.39 is 0 Å². The maximum atomic E-state index is 6.04. The van der Waals surface area contributed by atoms with Gasteiger partial charge in [0.25, 0.3) is 0 Å².